The number of nitrogens with one attached hydrogen (secondary N) is 2. The zero-order chi connectivity index (χ0) is 19.5. The molecule has 0 spiro atoms. The first-order valence-corrected chi connectivity index (χ1v) is 9.60. The van der Waals surface area contributed by atoms with Crippen LogP contribution in [0.5, 0.6) is 0 Å². The van der Waals surface area contributed by atoms with Gasteiger partial charge in [0.05, 0.1) is 0 Å². The topological polar surface area (TPSA) is 119 Å². The zero-order valence-corrected chi connectivity index (χ0v) is 15.9. The van der Waals surface area contributed by atoms with Gasteiger partial charge in [0.25, 0.3) is 0 Å². The molecule has 0 radical (unpaired) electrons. The van der Waals surface area contributed by atoms with Gasteiger partial charge >= 0.3 is 0 Å². The van der Waals surface area contributed by atoms with Gasteiger partial charge in [-0.25, -0.2) is 4.68 Å². The molecule has 8 nitrogen and oxygen atoms in total. The van der Waals surface area contributed by atoms with Crippen molar-refractivity contribution in [3.8, 4) is 0 Å². The van der Waals surface area contributed by atoms with Crippen molar-refractivity contribution in [2.45, 2.75) is 31.7 Å². The monoisotopic (exact) mass is 378 g/mol. The van der Waals surface area contributed by atoms with Gasteiger partial charge in [-0.15, -0.1) is 5.10 Å². The zero-order valence-electron chi connectivity index (χ0n) is 15.9. The summed E-state index contributed by atoms with van der Waals surface area (Å²) < 4.78 is 1.82. The van der Waals surface area contributed by atoms with Gasteiger partial charge in [-0.2, -0.15) is 4.98 Å². The Morgan fingerprint density at radius 2 is 2.07 bits per heavy atom. The fourth-order valence-corrected chi connectivity index (χ4v) is 3.13. The van der Waals surface area contributed by atoms with Crippen molar-refractivity contribution >= 4 is 23.7 Å². The van der Waals surface area contributed by atoms with Crippen LogP contribution in [0.3, 0.4) is 0 Å². The first-order chi connectivity index (χ1) is 13.6. The number of nitrogens with two attached hydrogens (primary N) is 2. The van der Waals surface area contributed by atoms with Crippen LogP contribution in [0, 0.1) is 0 Å². The molecule has 8 heteroatoms. The molecule has 146 valence electrons. The summed E-state index contributed by atoms with van der Waals surface area (Å²) in [6, 6.07) is 8.47. The van der Waals surface area contributed by atoms with Crippen LogP contribution in [0.15, 0.2) is 41.5 Å². The summed E-state index contributed by atoms with van der Waals surface area (Å²) in [4.78, 5) is 8.55. The number of hydrogen-bond acceptors (Lipinski definition) is 5. The molecule has 2 heterocycles. The Morgan fingerprint density at radius 1 is 1.29 bits per heavy atom. The Bertz CT molecular complexity index is 914. The van der Waals surface area contributed by atoms with Crippen LogP contribution in [-0.4, -0.2) is 33.8 Å². The molecule has 28 heavy (non-hydrogen) atoms. The van der Waals surface area contributed by atoms with Gasteiger partial charge in [0.1, 0.15) is 0 Å². The maximum Gasteiger partial charge on any atom is 0.230 e. The first-order valence-electron chi connectivity index (χ1n) is 9.60. The van der Waals surface area contributed by atoms with E-state index in [1.165, 1.54) is 18.4 Å². The van der Waals surface area contributed by atoms with Crippen molar-refractivity contribution in [3.05, 3.63) is 53.5 Å². The molecule has 6 N–H and O–H groups in total. The Hall–Kier alpha value is -3.13. The quantitative estimate of drug-likeness (QED) is 0.316. The average molecular weight is 378 g/mol. The number of fused-ring (bicyclic) bond motifs is 1. The number of guanidine groups is 1. The fraction of sp³-hybridized carbons (Fsp3) is 0.350. The van der Waals surface area contributed by atoms with Crippen molar-refractivity contribution in [2.24, 2.45) is 16.5 Å². The van der Waals surface area contributed by atoms with E-state index < -0.39 is 0 Å². The highest BCUT2D eigenvalue weighted by atomic mass is 15.4. The summed E-state index contributed by atoms with van der Waals surface area (Å²) in [5.74, 6) is 2.34. The number of nitrogens with zero attached hydrogens (tertiary/aromatic N) is 4. The number of allylic oxidation sites excluding steroid dienone is 1. The van der Waals surface area contributed by atoms with Crippen LogP contribution in [0.4, 0.5) is 5.95 Å². The second-order valence-corrected chi connectivity index (χ2v) is 7.19. The van der Waals surface area contributed by atoms with Crippen LogP contribution in [0.25, 0.3) is 11.8 Å². The third-order valence-corrected chi connectivity index (χ3v) is 4.83. The van der Waals surface area contributed by atoms with Crippen LogP contribution < -0.4 is 22.1 Å². The lowest BCUT2D eigenvalue weighted by molar-refractivity contribution is 0.655. The molecule has 1 aliphatic carbocycles. The molecule has 0 bridgehead atoms. The lowest BCUT2D eigenvalue weighted by Gasteiger charge is -2.18. The van der Waals surface area contributed by atoms with E-state index in [1.54, 1.807) is 0 Å². The number of benzene rings is 1. The van der Waals surface area contributed by atoms with Gasteiger partial charge in [-0.1, -0.05) is 30.8 Å². The number of hydrogen-bond donors (Lipinski definition) is 4. The van der Waals surface area contributed by atoms with E-state index in [1.807, 2.05) is 10.9 Å². The molecule has 0 amide bonds. The van der Waals surface area contributed by atoms with Crippen LogP contribution in [0.2, 0.25) is 0 Å². The summed E-state index contributed by atoms with van der Waals surface area (Å²) >= 11 is 0. The maximum atomic E-state index is 5.31. The minimum absolute atomic E-state index is 0.144. The highest BCUT2D eigenvalue weighted by Gasteiger charge is 2.30. The molecular formula is C20H26N8. The molecule has 2 aliphatic rings. The third-order valence-electron chi connectivity index (χ3n) is 4.83. The van der Waals surface area contributed by atoms with E-state index in [0.29, 0.717) is 12.5 Å². The predicted octanol–water partition coefficient (Wildman–Crippen LogP) is 1.85. The highest BCUT2D eigenvalue weighted by Crippen LogP contribution is 2.39. The maximum absolute atomic E-state index is 5.31. The normalized spacial score (nSPS) is 15.6. The van der Waals surface area contributed by atoms with E-state index in [9.17, 15) is 0 Å². The highest BCUT2D eigenvalue weighted by molar-refractivity contribution is 5.90. The first kappa shape index (κ1) is 18.2. The molecule has 4 rings (SSSR count). The molecule has 1 aliphatic heterocycles. The summed E-state index contributed by atoms with van der Waals surface area (Å²) in [6.07, 6.45) is 5.27. The number of aromatic nitrogens is 3. The van der Waals surface area contributed by atoms with Gasteiger partial charge in [-0.3, -0.25) is 4.99 Å². The van der Waals surface area contributed by atoms with Crippen molar-refractivity contribution in [2.75, 3.05) is 18.4 Å². The smallest absolute Gasteiger partial charge is 0.230 e. The largest absolute Gasteiger partial charge is 0.370 e. The molecule has 2 aromatic rings. The van der Waals surface area contributed by atoms with E-state index in [2.05, 4.69) is 56.6 Å². The lowest BCUT2D eigenvalue weighted by atomic mass is 10.0. The predicted molar refractivity (Wildman–Crippen MR) is 112 cm³/mol. The standard InChI is InChI=1S/C20H26N8/c1-13-17(12-28-20(25-13)26-18(27-28)16-7-8-16)15-5-3-14(4-6-15)11-23-9-2-10-24-19(21)22/h3-6,12,16,23H,1-2,7-11H2,(H4,21,22,24)(H,25,26,27). The SMILES string of the molecule is C=C1Nc2nc(C3CC3)nn2C=C1c1ccc(CNCCCN=C(N)N)cc1. The van der Waals surface area contributed by atoms with Gasteiger partial charge < -0.3 is 22.1 Å². The second kappa shape index (κ2) is 7.85. The van der Waals surface area contributed by atoms with Gasteiger partial charge in [0.15, 0.2) is 11.8 Å². The summed E-state index contributed by atoms with van der Waals surface area (Å²) in [5, 5.41) is 11.3. The fourth-order valence-electron chi connectivity index (χ4n) is 3.13. The van der Waals surface area contributed by atoms with Gasteiger partial charge in [-0.05, 0) is 36.9 Å². The van der Waals surface area contributed by atoms with E-state index >= 15 is 0 Å². The molecule has 1 aromatic carbocycles. The third kappa shape index (κ3) is 4.23. The second-order valence-electron chi connectivity index (χ2n) is 7.19. The molecular weight excluding hydrogens is 352 g/mol. The molecule has 1 aromatic heterocycles. The van der Waals surface area contributed by atoms with Crippen LogP contribution in [0.1, 0.15) is 42.1 Å². The summed E-state index contributed by atoms with van der Waals surface area (Å²) in [7, 11) is 0. The minimum Gasteiger partial charge on any atom is -0.370 e. The molecule has 1 fully saturated rings. The summed E-state index contributed by atoms with van der Waals surface area (Å²) in [6.45, 7) is 6.46. The Labute approximate surface area is 164 Å². The summed E-state index contributed by atoms with van der Waals surface area (Å²) in [5.41, 5.74) is 14.8. The van der Waals surface area contributed by atoms with Crippen LogP contribution >= 0.6 is 0 Å². The minimum atomic E-state index is 0.144. The van der Waals surface area contributed by atoms with Crippen molar-refractivity contribution in [1.82, 2.24) is 20.1 Å². The van der Waals surface area contributed by atoms with Crippen molar-refractivity contribution < 1.29 is 0 Å². The van der Waals surface area contributed by atoms with E-state index in [-0.39, 0.29) is 5.96 Å². The Balaban J connectivity index is 1.37. The number of anilines is 1. The van der Waals surface area contributed by atoms with E-state index in [4.69, 9.17) is 11.5 Å². The molecule has 0 unspecified atom stereocenters. The van der Waals surface area contributed by atoms with Crippen LogP contribution in [-0.2, 0) is 6.54 Å². The average Bonchev–Trinajstić information content (AvgIpc) is 3.45. The molecule has 0 saturated heterocycles. The number of rotatable bonds is 8. The van der Waals surface area contributed by atoms with E-state index in [0.717, 1.165) is 48.1 Å². The van der Waals surface area contributed by atoms with Crippen molar-refractivity contribution in [3.63, 3.8) is 0 Å². The van der Waals surface area contributed by atoms with Gasteiger partial charge in [0.2, 0.25) is 5.95 Å². The number of aliphatic imine (C=N–C) groups is 1. The van der Waals surface area contributed by atoms with Crippen molar-refractivity contribution in [1.29, 1.82) is 0 Å². The molecule has 1 saturated carbocycles. The Kier molecular flexibility index (Phi) is 5.12. The Morgan fingerprint density at radius 3 is 2.79 bits per heavy atom. The van der Waals surface area contributed by atoms with Gasteiger partial charge in [0, 0.05) is 36.5 Å². The lowest BCUT2D eigenvalue weighted by Crippen LogP contribution is -2.23. The molecule has 0 atom stereocenters.